The molecule has 0 saturated heterocycles. The molecule has 1 aliphatic rings. The summed E-state index contributed by atoms with van der Waals surface area (Å²) in [5.41, 5.74) is 1.05. The van der Waals surface area contributed by atoms with Crippen LogP contribution in [0.1, 0.15) is 30.8 Å². The van der Waals surface area contributed by atoms with Crippen molar-refractivity contribution in [3.05, 3.63) is 10.6 Å². The van der Waals surface area contributed by atoms with Crippen molar-refractivity contribution in [3.63, 3.8) is 0 Å². The van der Waals surface area contributed by atoms with Gasteiger partial charge in [-0.05, 0) is 6.42 Å². The zero-order chi connectivity index (χ0) is 14.5. The molecular formula is C13H20N4O2S. The van der Waals surface area contributed by atoms with Gasteiger partial charge in [0.1, 0.15) is 0 Å². The van der Waals surface area contributed by atoms with Gasteiger partial charge in [-0.15, -0.1) is 11.3 Å². The van der Waals surface area contributed by atoms with E-state index in [0.29, 0.717) is 11.7 Å². The van der Waals surface area contributed by atoms with Gasteiger partial charge in [-0.25, -0.2) is 4.98 Å². The molecule has 1 aromatic rings. The number of hydrogen-bond donors (Lipinski definition) is 2. The van der Waals surface area contributed by atoms with Crippen LogP contribution in [-0.4, -0.2) is 41.3 Å². The van der Waals surface area contributed by atoms with Gasteiger partial charge in [0, 0.05) is 37.9 Å². The Hall–Kier alpha value is -1.47. The number of anilines is 1. The van der Waals surface area contributed by atoms with Crippen molar-refractivity contribution in [2.24, 2.45) is 0 Å². The fourth-order valence-electron chi connectivity index (χ4n) is 2.11. The first-order valence-corrected chi connectivity index (χ1v) is 7.65. The monoisotopic (exact) mass is 296 g/mol. The first-order valence-electron chi connectivity index (χ1n) is 6.83. The summed E-state index contributed by atoms with van der Waals surface area (Å²) >= 11 is 1.50. The molecular weight excluding hydrogens is 276 g/mol. The van der Waals surface area contributed by atoms with Crippen LogP contribution in [0.2, 0.25) is 0 Å². The molecule has 2 amide bonds. The normalized spacial score (nSPS) is 14.7. The van der Waals surface area contributed by atoms with E-state index in [1.165, 1.54) is 18.3 Å². The third-order valence-corrected chi connectivity index (χ3v) is 4.03. The Morgan fingerprint density at radius 2 is 2.25 bits per heavy atom. The summed E-state index contributed by atoms with van der Waals surface area (Å²) in [5.74, 6) is -0.0335. The lowest BCUT2D eigenvalue weighted by molar-refractivity contribution is -0.122. The predicted molar refractivity (Wildman–Crippen MR) is 78.7 cm³/mol. The zero-order valence-electron chi connectivity index (χ0n) is 11.9. The highest BCUT2D eigenvalue weighted by atomic mass is 32.1. The molecule has 0 fully saturated rings. The van der Waals surface area contributed by atoms with Crippen LogP contribution in [0.5, 0.6) is 0 Å². The molecule has 0 saturated carbocycles. The Kier molecular flexibility index (Phi) is 5.08. The lowest BCUT2D eigenvalue weighted by Crippen LogP contribution is -2.39. The minimum atomic E-state index is -0.105. The molecule has 0 spiro atoms. The number of thiazole rings is 1. The molecule has 0 unspecified atom stereocenters. The molecule has 0 aromatic carbocycles. The molecule has 7 heteroatoms. The van der Waals surface area contributed by atoms with Gasteiger partial charge in [-0.3, -0.25) is 14.5 Å². The number of carbonyl (C=O) groups excluding carboxylic acids is 2. The fraction of sp³-hybridized carbons (Fsp3) is 0.615. The van der Waals surface area contributed by atoms with E-state index >= 15 is 0 Å². The standard InChI is InChI=1S/C13H20N4O2S/c1-3-5-14-12(19)8-17-6-4-10-11(7-17)20-13(16-10)15-9(2)18/h3-8H2,1-2H3,(H,14,19)(H,15,16,18). The molecule has 0 radical (unpaired) electrons. The Labute approximate surface area is 122 Å². The summed E-state index contributed by atoms with van der Waals surface area (Å²) in [4.78, 5) is 30.4. The van der Waals surface area contributed by atoms with Crippen LogP contribution in [-0.2, 0) is 22.6 Å². The highest BCUT2D eigenvalue weighted by molar-refractivity contribution is 7.15. The number of hydrogen-bond acceptors (Lipinski definition) is 5. The van der Waals surface area contributed by atoms with Crippen molar-refractivity contribution in [1.82, 2.24) is 15.2 Å². The van der Waals surface area contributed by atoms with Crippen LogP contribution in [0.4, 0.5) is 5.13 Å². The summed E-state index contributed by atoms with van der Waals surface area (Å²) < 4.78 is 0. The first kappa shape index (κ1) is 14.9. The molecule has 0 aliphatic carbocycles. The largest absolute Gasteiger partial charge is 0.355 e. The molecule has 1 aliphatic heterocycles. The Balaban J connectivity index is 1.91. The van der Waals surface area contributed by atoms with E-state index in [1.807, 2.05) is 6.92 Å². The summed E-state index contributed by atoms with van der Waals surface area (Å²) in [5, 5.41) is 6.25. The maximum atomic E-state index is 11.7. The van der Waals surface area contributed by atoms with E-state index in [9.17, 15) is 9.59 Å². The van der Waals surface area contributed by atoms with Crippen LogP contribution in [0, 0.1) is 0 Å². The van der Waals surface area contributed by atoms with E-state index in [4.69, 9.17) is 0 Å². The van der Waals surface area contributed by atoms with E-state index < -0.39 is 0 Å². The van der Waals surface area contributed by atoms with Crippen molar-refractivity contribution in [3.8, 4) is 0 Å². The second kappa shape index (κ2) is 6.81. The average Bonchev–Trinajstić information content (AvgIpc) is 2.76. The average molecular weight is 296 g/mol. The first-order chi connectivity index (χ1) is 9.58. The highest BCUT2D eigenvalue weighted by Gasteiger charge is 2.22. The third kappa shape index (κ3) is 4.01. The number of nitrogens with one attached hydrogen (secondary N) is 2. The van der Waals surface area contributed by atoms with E-state index in [0.717, 1.165) is 43.0 Å². The summed E-state index contributed by atoms with van der Waals surface area (Å²) in [6.45, 7) is 6.22. The third-order valence-electron chi connectivity index (χ3n) is 3.03. The zero-order valence-corrected chi connectivity index (χ0v) is 12.7. The number of rotatable bonds is 5. The van der Waals surface area contributed by atoms with Gasteiger partial charge < -0.3 is 10.6 Å². The number of nitrogens with zero attached hydrogens (tertiary/aromatic N) is 2. The van der Waals surface area contributed by atoms with E-state index in [2.05, 4.69) is 20.5 Å². The minimum Gasteiger partial charge on any atom is -0.355 e. The molecule has 2 rings (SSSR count). The SMILES string of the molecule is CCCNC(=O)CN1CCc2nc(NC(C)=O)sc2C1. The summed E-state index contributed by atoms with van der Waals surface area (Å²) in [6, 6.07) is 0. The van der Waals surface area contributed by atoms with Crippen molar-refractivity contribution in [2.75, 3.05) is 25.0 Å². The molecule has 6 nitrogen and oxygen atoms in total. The van der Waals surface area contributed by atoms with Crippen LogP contribution >= 0.6 is 11.3 Å². The van der Waals surface area contributed by atoms with Crippen molar-refractivity contribution >= 4 is 28.3 Å². The molecule has 2 N–H and O–H groups in total. The smallest absolute Gasteiger partial charge is 0.234 e. The maximum absolute atomic E-state index is 11.7. The summed E-state index contributed by atoms with van der Waals surface area (Å²) in [6.07, 6.45) is 1.78. The van der Waals surface area contributed by atoms with Crippen molar-refractivity contribution in [2.45, 2.75) is 33.2 Å². The van der Waals surface area contributed by atoms with Crippen LogP contribution < -0.4 is 10.6 Å². The number of fused-ring (bicyclic) bond motifs is 1. The van der Waals surface area contributed by atoms with Gasteiger partial charge in [0.05, 0.1) is 12.2 Å². The second-order valence-electron chi connectivity index (χ2n) is 4.88. The number of amides is 2. The van der Waals surface area contributed by atoms with E-state index in [1.54, 1.807) is 0 Å². The number of carbonyl (C=O) groups is 2. The minimum absolute atomic E-state index is 0.0712. The van der Waals surface area contributed by atoms with Gasteiger partial charge in [0.15, 0.2) is 5.13 Å². The van der Waals surface area contributed by atoms with Gasteiger partial charge in [0.25, 0.3) is 0 Å². The molecule has 20 heavy (non-hydrogen) atoms. The van der Waals surface area contributed by atoms with Crippen molar-refractivity contribution < 1.29 is 9.59 Å². The Morgan fingerprint density at radius 3 is 2.95 bits per heavy atom. The van der Waals surface area contributed by atoms with Gasteiger partial charge >= 0.3 is 0 Å². The van der Waals surface area contributed by atoms with Crippen LogP contribution in [0.15, 0.2) is 0 Å². The van der Waals surface area contributed by atoms with Crippen molar-refractivity contribution in [1.29, 1.82) is 0 Å². The van der Waals surface area contributed by atoms with Gasteiger partial charge in [0.2, 0.25) is 11.8 Å². The second-order valence-corrected chi connectivity index (χ2v) is 5.96. The lowest BCUT2D eigenvalue weighted by Gasteiger charge is -2.25. The van der Waals surface area contributed by atoms with Gasteiger partial charge in [-0.2, -0.15) is 0 Å². The molecule has 0 bridgehead atoms. The predicted octanol–water partition coefficient (Wildman–Crippen LogP) is 0.986. The lowest BCUT2D eigenvalue weighted by atomic mass is 10.2. The maximum Gasteiger partial charge on any atom is 0.234 e. The fourth-order valence-corrected chi connectivity index (χ4v) is 3.21. The topological polar surface area (TPSA) is 74.3 Å². The van der Waals surface area contributed by atoms with Crippen LogP contribution in [0.3, 0.4) is 0 Å². The Morgan fingerprint density at radius 1 is 1.45 bits per heavy atom. The van der Waals surface area contributed by atoms with Crippen LogP contribution in [0.25, 0.3) is 0 Å². The number of aromatic nitrogens is 1. The molecule has 0 atom stereocenters. The quantitative estimate of drug-likeness (QED) is 0.849. The van der Waals surface area contributed by atoms with E-state index in [-0.39, 0.29) is 11.8 Å². The highest BCUT2D eigenvalue weighted by Crippen LogP contribution is 2.28. The molecule has 2 heterocycles. The molecule has 1 aromatic heterocycles. The molecule has 110 valence electrons. The Bertz CT molecular complexity index is 501. The van der Waals surface area contributed by atoms with Gasteiger partial charge in [-0.1, -0.05) is 6.92 Å². The summed E-state index contributed by atoms with van der Waals surface area (Å²) in [7, 11) is 0.